The van der Waals surface area contributed by atoms with E-state index in [1.165, 1.54) is 0 Å². The molecule has 7 heteroatoms. The van der Waals surface area contributed by atoms with Crippen LogP contribution in [0.15, 0.2) is 30.7 Å². The van der Waals surface area contributed by atoms with Crippen LogP contribution in [-0.2, 0) is 11.8 Å². The molecule has 1 saturated heterocycles. The SMILES string of the molecule is Cc1cn(C)nc1NC(=O)N[C@@H]1CCO[C@H]1c1ccncc1. The lowest BCUT2D eigenvalue weighted by Crippen LogP contribution is -2.39. The lowest BCUT2D eigenvalue weighted by molar-refractivity contribution is 0.100. The highest BCUT2D eigenvalue weighted by Gasteiger charge is 2.31. The normalized spacial score (nSPS) is 20.8. The third-order valence-corrected chi connectivity index (χ3v) is 3.69. The fraction of sp³-hybridized carbons (Fsp3) is 0.400. The third-order valence-electron chi connectivity index (χ3n) is 3.69. The van der Waals surface area contributed by atoms with E-state index in [-0.39, 0.29) is 18.2 Å². The first-order valence-electron chi connectivity index (χ1n) is 7.23. The summed E-state index contributed by atoms with van der Waals surface area (Å²) in [5, 5.41) is 9.95. The number of ether oxygens (including phenoxy) is 1. The maximum Gasteiger partial charge on any atom is 0.320 e. The van der Waals surface area contributed by atoms with Gasteiger partial charge in [-0.1, -0.05) is 0 Å². The second-order valence-corrected chi connectivity index (χ2v) is 5.40. The molecule has 0 radical (unpaired) electrons. The van der Waals surface area contributed by atoms with Gasteiger partial charge < -0.3 is 10.1 Å². The molecule has 0 unspecified atom stereocenters. The quantitative estimate of drug-likeness (QED) is 0.905. The number of carbonyl (C=O) groups excluding carboxylic acids is 1. The van der Waals surface area contributed by atoms with Gasteiger partial charge in [0, 0.05) is 37.8 Å². The van der Waals surface area contributed by atoms with Crippen molar-refractivity contribution in [2.24, 2.45) is 7.05 Å². The largest absolute Gasteiger partial charge is 0.371 e. The predicted octanol–water partition coefficient (Wildman–Crippen LogP) is 1.78. The van der Waals surface area contributed by atoms with Crippen molar-refractivity contribution in [1.29, 1.82) is 0 Å². The number of amides is 2. The molecule has 3 heterocycles. The number of aryl methyl sites for hydroxylation is 2. The molecule has 0 aromatic carbocycles. The molecule has 0 aliphatic carbocycles. The van der Waals surface area contributed by atoms with Crippen molar-refractivity contribution in [3.63, 3.8) is 0 Å². The van der Waals surface area contributed by atoms with E-state index in [4.69, 9.17) is 4.74 Å². The topological polar surface area (TPSA) is 81.1 Å². The van der Waals surface area contributed by atoms with Crippen molar-refractivity contribution < 1.29 is 9.53 Å². The van der Waals surface area contributed by atoms with Crippen LogP contribution in [0, 0.1) is 6.92 Å². The van der Waals surface area contributed by atoms with Crippen molar-refractivity contribution in [2.75, 3.05) is 11.9 Å². The third kappa shape index (κ3) is 3.09. The van der Waals surface area contributed by atoms with Gasteiger partial charge in [-0.25, -0.2) is 4.79 Å². The first-order valence-corrected chi connectivity index (χ1v) is 7.23. The number of pyridine rings is 1. The van der Waals surface area contributed by atoms with Gasteiger partial charge in [0.15, 0.2) is 5.82 Å². The lowest BCUT2D eigenvalue weighted by atomic mass is 10.0. The first-order chi connectivity index (χ1) is 10.6. The van der Waals surface area contributed by atoms with Crippen LogP contribution in [0.5, 0.6) is 0 Å². The zero-order valence-electron chi connectivity index (χ0n) is 12.6. The summed E-state index contributed by atoms with van der Waals surface area (Å²) in [5.74, 6) is 0.569. The number of carbonyl (C=O) groups is 1. The van der Waals surface area contributed by atoms with Crippen molar-refractivity contribution in [1.82, 2.24) is 20.1 Å². The van der Waals surface area contributed by atoms with Crippen LogP contribution in [0.2, 0.25) is 0 Å². The smallest absolute Gasteiger partial charge is 0.320 e. The zero-order chi connectivity index (χ0) is 15.5. The van der Waals surface area contributed by atoms with Gasteiger partial charge >= 0.3 is 6.03 Å². The van der Waals surface area contributed by atoms with E-state index < -0.39 is 0 Å². The zero-order valence-corrected chi connectivity index (χ0v) is 12.6. The van der Waals surface area contributed by atoms with Crippen LogP contribution < -0.4 is 10.6 Å². The molecule has 2 aromatic rings. The molecular weight excluding hydrogens is 282 g/mol. The molecule has 2 aromatic heterocycles. The predicted molar refractivity (Wildman–Crippen MR) is 81.4 cm³/mol. The van der Waals surface area contributed by atoms with Crippen molar-refractivity contribution in [2.45, 2.75) is 25.5 Å². The Bertz CT molecular complexity index is 655. The molecular formula is C15H19N5O2. The van der Waals surface area contributed by atoms with E-state index in [1.807, 2.05) is 32.3 Å². The number of nitrogens with one attached hydrogen (secondary N) is 2. The van der Waals surface area contributed by atoms with Gasteiger partial charge in [-0.05, 0) is 31.0 Å². The molecule has 2 N–H and O–H groups in total. The van der Waals surface area contributed by atoms with Gasteiger partial charge in [0.25, 0.3) is 0 Å². The number of urea groups is 1. The number of aromatic nitrogens is 3. The Labute approximate surface area is 128 Å². The van der Waals surface area contributed by atoms with Gasteiger partial charge in [-0.2, -0.15) is 5.10 Å². The summed E-state index contributed by atoms with van der Waals surface area (Å²) < 4.78 is 7.41. The Hall–Kier alpha value is -2.41. The van der Waals surface area contributed by atoms with Crippen LogP contribution in [0.25, 0.3) is 0 Å². The molecule has 22 heavy (non-hydrogen) atoms. The van der Waals surface area contributed by atoms with Gasteiger partial charge in [-0.15, -0.1) is 0 Å². The number of anilines is 1. The Morgan fingerprint density at radius 1 is 1.41 bits per heavy atom. The monoisotopic (exact) mass is 301 g/mol. The minimum atomic E-state index is -0.267. The minimum absolute atomic E-state index is 0.0635. The molecule has 7 nitrogen and oxygen atoms in total. The highest BCUT2D eigenvalue weighted by molar-refractivity contribution is 5.89. The van der Waals surface area contributed by atoms with E-state index >= 15 is 0 Å². The maximum atomic E-state index is 12.2. The van der Waals surface area contributed by atoms with Crippen LogP contribution in [-0.4, -0.2) is 33.4 Å². The summed E-state index contributed by atoms with van der Waals surface area (Å²) >= 11 is 0. The van der Waals surface area contributed by atoms with Gasteiger partial charge in [0.2, 0.25) is 0 Å². The van der Waals surface area contributed by atoms with Gasteiger partial charge in [0.05, 0.1) is 6.04 Å². The minimum Gasteiger partial charge on any atom is -0.371 e. The first kappa shape index (κ1) is 14.5. The fourth-order valence-corrected chi connectivity index (χ4v) is 2.66. The van der Waals surface area contributed by atoms with E-state index in [0.29, 0.717) is 12.4 Å². The molecule has 2 amide bonds. The second-order valence-electron chi connectivity index (χ2n) is 5.40. The molecule has 1 aliphatic heterocycles. The average molecular weight is 301 g/mol. The highest BCUT2D eigenvalue weighted by atomic mass is 16.5. The van der Waals surface area contributed by atoms with E-state index in [1.54, 1.807) is 17.1 Å². The summed E-state index contributed by atoms with van der Waals surface area (Å²) in [6.45, 7) is 2.53. The molecule has 1 aliphatic rings. The highest BCUT2D eigenvalue weighted by Crippen LogP contribution is 2.28. The Kier molecular flexibility index (Phi) is 4.06. The molecule has 2 atom stereocenters. The molecule has 3 rings (SSSR count). The van der Waals surface area contributed by atoms with Crippen LogP contribution in [0.4, 0.5) is 10.6 Å². The molecule has 0 saturated carbocycles. The second kappa shape index (κ2) is 6.15. The summed E-state index contributed by atoms with van der Waals surface area (Å²) in [6, 6.07) is 3.49. The van der Waals surface area contributed by atoms with Gasteiger partial charge in [0.1, 0.15) is 6.10 Å². The number of nitrogens with zero attached hydrogens (tertiary/aromatic N) is 3. The molecule has 0 bridgehead atoms. The van der Waals surface area contributed by atoms with Gasteiger partial charge in [-0.3, -0.25) is 15.0 Å². The summed E-state index contributed by atoms with van der Waals surface area (Å²) in [4.78, 5) is 16.2. The average Bonchev–Trinajstić information content (AvgIpc) is 3.07. The van der Waals surface area contributed by atoms with Crippen molar-refractivity contribution in [3.8, 4) is 0 Å². The van der Waals surface area contributed by atoms with E-state index in [0.717, 1.165) is 17.5 Å². The Morgan fingerprint density at radius 2 is 2.18 bits per heavy atom. The number of hydrogen-bond donors (Lipinski definition) is 2. The van der Waals surface area contributed by atoms with Crippen molar-refractivity contribution in [3.05, 3.63) is 41.9 Å². The Balaban J connectivity index is 1.64. The standard InChI is InChI=1S/C15H19N5O2/c1-10-9-20(2)19-14(10)18-15(21)17-12-5-8-22-13(12)11-3-6-16-7-4-11/h3-4,6-7,9,12-13H,5,8H2,1-2H3,(H2,17,18,19,21)/t12-,13+/m1/s1. The van der Waals surface area contributed by atoms with Crippen LogP contribution >= 0.6 is 0 Å². The van der Waals surface area contributed by atoms with Crippen LogP contribution in [0.3, 0.4) is 0 Å². The van der Waals surface area contributed by atoms with Crippen LogP contribution in [0.1, 0.15) is 23.7 Å². The Morgan fingerprint density at radius 3 is 2.86 bits per heavy atom. The van der Waals surface area contributed by atoms with Crippen molar-refractivity contribution >= 4 is 11.8 Å². The fourth-order valence-electron chi connectivity index (χ4n) is 2.66. The molecule has 0 spiro atoms. The number of rotatable bonds is 3. The van der Waals surface area contributed by atoms with E-state index in [9.17, 15) is 4.79 Å². The number of hydrogen-bond acceptors (Lipinski definition) is 4. The van der Waals surface area contributed by atoms with E-state index in [2.05, 4.69) is 20.7 Å². The lowest BCUT2D eigenvalue weighted by Gasteiger charge is -2.20. The summed E-state index contributed by atoms with van der Waals surface area (Å²) in [7, 11) is 1.82. The maximum absolute atomic E-state index is 12.2. The molecule has 116 valence electrons. The molecule has 1 fully saturated rings. The summed E-state index contributed by atoms with van der Waals surface area (Å²) in [6.07, 6.45) is 5.95. The summed E-state index contributed by atoms with van der Waals surface area (Å²) in [5.41, 5.74) is 1.94.